The zero-order valence-electron chi connectivity index (χ0n) is 35.9. The summed E-state index contributed by atoms with van der Waals surface area (Å²) >= 11 is 6.29. The van der Waals surface area contributed by atoms with Crippen molar-refractivity contribution in [2.45, 2.75) is 146 Å². The Labute approximate surface area is 345 Å². The molecule has 0 radical (unpaired) electrons. The Bertz CT molecular complexity index is 1440. The van der Waals surface area contributed by atoms with Gasteiger partial charge in [-0.2, -0.15) is 10.5 Å². The van der Waals surface area contributed by atoms with Gasteiger partial charge >= 0.3 is 6.09 Å². The molecule has 0 aromatic carbocycles. The number of carbonyl (C=O) groups is 5. The summed E-state index contributed by atoms with van der Waals surface area (Å²) < 4.78 is 6.65. The van der Waals surface area contributed by atoms with Gasteiger partial charge in [0.15, 0.2) is 0 Å². The molecule has 5 N–H and O–H groups in total. The zero-order chi connectivity index (χ0) is 43.6. The molecule has 4 unspecified atom stereocenters. The molecule has 0 bridgehead atoms. The lowest BCUT2D eigenvalue weighted by Gasteiger charge is -2.53. The standard InChI is InChI=1S/C40H69N7O7S2/c1-29(48)24-44-33(52)40(11,37(7,8)39(10,27-42)18-17-31(50)47(12)22-23-56-28-55)25-38(9,20-19-36(5,6)26-41)32(51)43-21-15-13-14-16-30(49)45-46-34(53)54-35(2,3)4/h28-29,48H,13-25H2,1-12H3,(H,43,51)(H,44,52)(H,45,49)(H,46,53). The van der Waals surface area contributed by atoms with E-state index in [0.29, 0.717) is 38.0 Å². The molecule has 16 heteroatoms. The van der Waals surface area contributed by atoms with E-state index in [1.807, 2.05) is 13.8 Å². The number of ether oxygens (including phenoxy) is 1. The van der Waals surface area contributed by atoms with E-state index in [4.69, 9.17) is 17.0 Å². The molecule has 14 nitrogen and oxygen atoms in total. The molecule has 0 saturated heterocycles. The number of thiocarbonyl (C=S) groups is 1. The maximum Gasteiger partial charge on any atom is 0.426 e. The molecule has 0 heterocycles. The number of unbranched alkanes of at least 4 members (excludes halogenated alkanes) is 2. The van der Waals surface area contributed by atoms with E-state index in [2.05, 4.69) is 33.6 Å². The number of rotatable bonds is 24. The van der Waals surface area contributed by atoms with Crippen LogP contribution in [0.3, 0.4) is 0 Å². The first-order chi connectivity index (χ1) is 25.7. The number of aliphatic hydroxyl groups excluding tert-OH is 1. The second-order valence-electron chi connectivity index (χ2n) is 17.7. The number of nitriles is 2. The number of hydrogen-bond acceptors (Lipinski definition) is 11. The van der Waals surface area contributed by atoms with Crippen molar-refractivity contribution in [1.29, 1.82) is 10.5 Å². The summed E-state index contributed by atoms with van der Waals surface area (Å²) in [6.45, 7) is 19.9. The molecule has 56 heavy (non-hydrogen) atoms. The summed E-state index contributed by atoms with van der Waals surface area (Å²) in [6.07, 6.45) is 0.998. The van der Waals surface area contributed by atoms with Gasteiger partial charge < -0.3 is 25.4 Å². The maximum atomic E-state index is 14.4. The van der Waals surface area contributed by atoms with E-state index in [-0.39, 0.29) is 62.9 Å². The Morgan fingerprint density at radius 3 is 2.02 bits per heavy atom. The highest BCUT2D eigenvalue weighted by molar-refractivity contribution is 8.20. The second kappa shape index (κ2) is 23.1. The predicted octanol–water partition coefficient (Wildman–Crippen LogP) is 5.93. The molecule has 5 amide bonds. The molecule has 0 fully saturated rings. The Morgan fingerprint density at radius 2 is 1.48 bits per heavy atom. The lowest BCUT2D eigenvalue weighted by atomic mass is 9.49. The van der Waals surface area contributed by atoms with Crippen molar-refractivity contribution in [3.8, 4) is 12.1 Å². The molecule has 0 aliphatic heterocycles. The highest BCUT2D eigenvalue weighted by atomic mass is 32.2. The lowest BCUT2D eigenvalue weighted by Crippen LogP contribution is -2.58. The number of hydrogen-bond donors (Lipinski definition) is 5. The van der Waals surface area contributed by atoms with Crippen LogP contribution in [0.4, 0.5) is 4.79 Å². The van der Waals surface area contributed by atoms with Gasteiger partial charge in [0.25, 0.3) is 0 Å². The van der Waals surface area contributed by atoms with Gasteiger partial charge in [-0.3, -0.25) is 24.6 Å². The molecule has 0 aliphatic carbocycles. The minimum absolute atomic E-state index is 0.00325. The summed E-state index contributed by atoms with van der Waals surface area (Å²) in [5, 5.41) is 36.5. The van der Waals surface area contributed by atoms with Crippen LogP contribution in [0.15, 0.2) is 0 Å². The average Bonchev–Trinajstić information content (AvgIpc) is 3.11. The summed E-state index contributed by atoms with van der Waals surface area (Å²) in [4.78, 5) is 67.4. The minimum Gasteiger partial charge on any atom is -0.443 e. The van der Waals surface area contributed by atoms with E-state index in [1.54, 1.807) is 79.0 Å². The summed E-state index contributed by atoms with van der Waals surface area (Å²) in [6, 6.07) is 4.73. The van der Waals surface area contributed by atoms with Gasteiger partial charge in [-0.1, -0.05) is 46.3 Å². The fourth-order valence-electron chi connectivity index (χ4n) is 6.24. The number of thioether (sulfide) groups is 1. The summed E-state index contributed by atoms with van der Waals surface area (Å²) in [5.74, 6) is -0.646. The highest BCUT2D eigenvalue weighted by Gasteiger charge is 2.59. The fourth-order valence-corrected chi connectivity index (χ4v) is 7.01. The zero-order valence-corrected chi connectivity index (χ0v) is 37.5. The smallest absolute Gasteiger partial charge is 0.426 e. The van der Waals surface area contributed by atoms with Crippen LogP contribution >= 0.6 is 24.0 Å². The Kier molecular flexibility index (Phi) is 21.6. The number of nitrogens with one attached hydrogen (secondary N) is 4. The number of amides is 5. The number of carbonyl (C=O) groups excluding carboxylic acids is 5. The van der Waals surface area contributed by atoms with E-state index in [9.17, 15) is 39.6 Å². The van der Waals surface area contributed by atoms with Crippen LogP contribution in [-0.2, 0) is 23.9 Å². The van der Waals surface area contributed by atoms with Gasteiger partial charge in [-0.15, -0.1) is 11.8 Å². The van der Waals surface area contributed by atoms with Crippen molar-refractivity contribution < 1.29 is 33.8 Å². The van der Waals surface area contributed by atoms with Crippen LogP contribution in [0.2, 0.25) is 0 Å². The van der Waals surface area contributed by atoms with Crippen LogP contribution in [0.1, 0.15) is 134 Å². The third-order valence-electron chi connectivity index (χ3n) is 10.9. The van der Waals surface area contributed by atoms with E-state index in [1.165, 1.54) is 11.8 Å². The Balaban J connectivity index is 6.30. The van der Waals surface area contributed by atoms with Gasteiger partial charge in [0.05, 0.1) is 34.5 Å². The molecule has 4 atom stereocenters. The molecular weight excluding hydrogens is 755 g/mol. The van der Waals surface area contributed by atoms with Crippen LogP contribution in [0, 0.1) is 49.7 Å². The monoisotopic (exact) mass is 823 g/mol. The summed E-state index contributed by atoms with van der Waals surface area (Å²) in [5.41, 5.74) is -1.87. The largest absolute Gasteiger partial charge is 0.443 e. The van der Waals surface area contributed by atoms with E-state index in [0.717, 1.165) is 0 Å². The Morgan fingerprint density at radius 1 is 0.857 bits per heavy atom. The molecule has 0 rings (SSSR count). The quantitative estimate of drug-likeness (QED) is 0.0437. The van der Waals surface area contributed by atoms with Crippen LogP contribution in [0.5, 0.6) is 0 Å². The lowest BCUT2D eigenvalue weighted by molar-refractivity contribution is -0.151. The highest BCUT2D eigenvalue weighted by Crippen LogP contribution is 2.58. The van der Waals surface area contributed by atoms with Crippen LogP contribution in [-0.4, -0.2) is 88.6 Å². The molecular formula is C40H69N7O7S2. The van der Waals surface area contributed by atoms with Crippen molar-refractivity contribution in [3.63, 3.8) is 0 Å². The SMILES string of the molecule is CC(O)CNC(=O)C(C)(CC(C)(CCC(C)(C)C#N)C(=O)NCCCCCC(=O)NNC(=O)OC(C)(C)C)C(C)(C)C(C)(C#N)CCC(=O)N(C)CCSC=S. The average molecular weight is 824 g/mol. The van der Waals surface area contributed by atoms with E-state index >= 15 is 0 Å². The first kappa shape index (κ1) is 52.5. The van der Waals surface area contributed by atoms with Crippen molar-refractivity contribution in [3.05, 3.63) is 0 Å². The van der Waals surface area contributed by atoms with Gasteiger partial charge in [-0.05, 0) is 92.4 Å². The fraction of sp³-hybridized carbons (Fsp3) is 0.800. The maximum absolute atomic E-state index is 14.4. The first-order valence-corrected chi connectivity index (χ1v) is 20.8. The summed E-state index contributed by atoms with van der Waals surface area (Å²) in [7, 11) is 1.70. The predicted molar refractivity (Wildman–Crippen MR) is 224 cm³/mol. The van der Waals surface area contributed by atoms with Crippen molar-refractivity contribution in [1.82, 2.24) is 26.4 Å². The molecule has 318 valence electrons. The number of hydrazine groups is 1. The number of aliphatic hydroxyl groups is 1. The van der Waals surface area contributed by atoms with E-state index < -0.39 is 50.8 Å². The topological polar surface area (TPSA) is 214 Å². The number of nitrogens with zero attached hydrogens (tertiary/aromatic N) is 3. The van der Waals surface area contributed by atoms with Gasteiger partial charge in [0.1, 0.15) is 5.60 Å². The van der Waals surface area contributed by atoms with Gasteiger partial charge in [0, 0.05) is 55.4 Å². The molecule has 0 aromatic heterocycles. The molecule has 0 saturated carbocycles. The normalized spacial score (nSPS) is 15.6. The van der Waals surface area contributed by atoms with Crippen molar-refractivity contribution in [2.75, 3.05) is 32.4 Å². The Hall–Kier alpha value is -3.47. The minimum atomic E-state index is -1.39. The van der Waals surface area contributed by atoms with Crippen molar-refractivity contribution in [2.24, 2.45) is 27.1 Å². The first-order valence-electron chi connectivity index (χ1n) is 19.3. The van der Waals surface area contributed by atoms with Gasteiger partial charge in [-0.25, -0.2) is 10.2 Å². The molecule has 0 spiro atoms. The molecule has 0 aliphatic rings. The third kappa shape index (κ3) is 17.3. The third-order valence-corrected chi connectivity index (χ3v) is 11.9. The van der Waals surface area contributed by atoms with Crippen LogP contribution < -0.4 is 21.5 Å². The van der Waals surface area contributed by atoms with Crippen molar-refractivity contribution >= 4 is 58.4 Å². The second-order valence-corrected chi connectivity index (χ2v) is 19.2. The van der Waals surface area contributed by atoms with Crippen LogP contribution in [0.25, 0.3) is 0 Å². The van der Waals surface area contributed by atoms with Gasteiger partial charge in [0.2, 0.25) is 23.6 Å². The molecule has 0 aromatic rings.